The first-order valence-electron chi connectivity index (χ1n) is 8.95. The molecule has 4 heteroatoms. The minimum absolute atomic E-state index is 0.250. The molecule has 1 saturated heterocycles. The van der Waals surface area contributed by atoms with E-state index in [2.05, 4.69) is 13.8 Å². The zero-order valence-corrected chi connectivity index (χ0v) is 14.2. The third-order valence-electron chi connectivity index (χ3n) is 6.11. The van der Waals surface area contributed by atoms with Crippen molar-refractivity contribution in [1.82, 2.24) is 0 Å². The van der Waals surface area contributed by atoms with Gasteiger partial charge < -0.3 is 4.74 Å². The standard InChI is InChI=1S/C18H31F3O/c1-12(14(3)15-6-7-15)4-5-13(2)17(18(19,20)21)16-8-10-22-11-9-16/h12-17H,4-11H2,1-3H3. The average Bonchev–Trinajstić information content (AvgIpc) is 3.28. The summed E-state index contributed by atoms with van der Waals surface area (Å²) >= 11 is 0. The zero-order chi connectivity index (χ0) is 16.3. The van der Waals surface area contributed by atoms with Crippen molar-refractivity contribution in [2.45, 2.75) is 65.5 Å². The predicted molar refractivity (Wildman–Crippen MR) is 82.5 cm³/mol. The molecular weight excluding hydrogens is 289 g/mol. The Labute approximate surface area is 133 Å². The van der Waals surface area contributed by atoms with Crippen LogP contribution in [-0.4, -0.2) is 19.4 Å². The maximum atomic E-state index is 13.5. The molecule has 4 unspecified atom stereocenters. The fourth-order valence-electron chi connectivity index (χ4n) is 4.18. The van der Waals surface area contributed by atoms with Crippen LogP contribution in [0.2, 0.25) is 0 Å². The third kappa shape index (κ3) is 4.87. The first-order valence-corrected chi connectivity index (χ1v) is 8.95. The summed E-state index contributed by atoms with van der Waals surface area (Å²) in [5, 5.41) is 0. The van der Waals surface area contributed by atoms with Gasteiger partial charge in [0, 0.05) is 13.2 Å². The number of hydrogen-bond acceptors (Lipinski definition) is 1. The van der Waals surface area contributed by atoms with Gasteiger partial charge in [0.05, 0.1) is 5.92 Å². The summed E-state index contributed by atoms with van der Waals surface area (Å²) in [4.78, 5) is 0. The first-order chi connectivity index (χ1) is 10.3. The van der Waals surface area contributed by atoms with Crippen LogP contribution in [0.4, 0.5) is 13.2 Å². The summed E-state index contributed by atoms with van der Waals surface area (Å²) in [6.45, 7) is 7.26. The lowest BCUT2D eigenvalue weighted by Gasteiger charge is -2.36. The Morgan fingerprint density at radius 3 is 1.91 bits per heavy atom. The summed E-state index contributed by atoms with van der Waals surface area (Å²) < 4.78 is 45.8. The van der Waals surface area contributed by atoms with Crippen LogP contribution in [0.25, 0.3) is 0 Å². The van der Waals surface area contributed by atoms with Crippen molar-refractivity contribution in [2.24, 2.45) is 35.5 Å². The summed E-state index contributed by atoms with van der Waals surface area (Å²) in [6, 6.07) is 0. The number of halogens is 3. The number of alkyl halides is 3. The SMILES string of the molecule is CC(CCC(C)C(C1CCOCC1)C(F)(F)F)C(C)C1CC1. The lowest BCUT2D eigenvalue weighted by molar-refractivity contribution is -0.210. The second kappa shape index (κ2) is 7.55. The minimum atomic E-state index is -4.08. The number of rotatable bonds is 7. The summed E-state index contributed by atoms with van der Waals surface area (Å²) in [5.74, 6) is 0.356. The summed E-state index contributed by atoms with van der Waals surface area (Å²) in [7, 11) is 0. The van der Waals surface area contributed by atoms with Gasteiger partial charge >= 0.3 is 6.18 Å². The molecule has 0 aromatic carbocycles. The van der Waals surface area contributed by atoms with Crippen LogP contribution in [0.1, 0.15) is 59.3 Å². The van der Waals surface area contributed by atoms with Gasteiger partial charge in [-0.1, -0.05) is 27.2 Å². The summed E-state index contributed by atoms with van der Waals surface area (Å²) in [5.41, 5.74) is 0. The number of hydrogen-bond donors (Lipinski definition) is 0. The molecule has 1 nitrogen and oxygen atoms in total. The van der Waals surface area contributed by atoms with Crippen molar-refractivity contribution >= 4 is 0 Å². The van der Waals surface area contributed by atoms with Gasteiger partial charge in [-0.05, 0) is 61.7 Å². The molecule has 0 N–H and O–H groups in total. The van der Waals surface area contributed by atoms with Crippen molar-refractivity contribution in [1.29, 1.82) is 0 Å². The van der Waals surface area contributed by atoms with Crippen LogP contribution in [0.15, 0.2) is 0 Å². The van der Waals surface area contributed by atoms with E-state index >= 15 is 0 Å². The van der Waals surface area contributed by atoms with Gasteiger partial charge in [-0.25, -0.2) is 0 Å². The lowest BCUT2D eigenvalue weighted by Crippen LogP contribution is -2.38. The topological polar surface area (TPSA) is 9.23 Å². The van der Waals surface area contributed by atoms with E-state index in [4.69, 9.17) is 4.74 Å². The molecule has 1 aliphatic carbocycles. The van der Waals surface area contributed by atoms with Crippen LogP contribution < -0.4 is 0 Å². The smallest absolute Gasteiger partial charge is 0.381 e. The van der Waals surface area contributed by atoms with Gasteiger partial charge in [0.1, 0.15) is 0 Å². The van der Waals surface area contributed by atoms with Crippen LogP contribution in [0, 0.1) is 35.5 Å². The van der Waals surface area contributed by atoms with Crippen LogP contribution in [-0.2, 0) is 4.74 Å². The molecule has 0 aromatic rings. The van der Waals surface area contributed by atoms with E-state index in [1.165, 1.54) is 12.8 Å². The van der Waals surface area contributed by atoms with Crippen LogP contribution >= 0.6 is 0 Å². The van der Waals surface area contributed by atoms with Crippen molar-refractivity contribution in [3.05, 3.63) is 0 Å². The molecule has 130 valence electrons. The van der Waals surface area contributed by atoms with E-state index in [9.17, 15) is 13.2 Å². The summed E-state index contributed by atoms with van der Waals surface area (Å²) in [6.07, 6.45) is 1.29. The molecule has 2 fully saturated rings. The lowest BCUT2D eigenvalue weighted by atomic mass is 9.74. The Balaban J connectivity index is 1.88. The maximum absolute atomic E-state index is 13.5. The van der Waals surface area contributed by atoms with Crippen molar-refractivity contribution in [3.8, 4) is 0 Å². The molecule has 4 atom stereocenters. The molecular formula is C18H31F3O. The van der Waals surface area contributed by atoms with E-state index in [1.807, 2.05) is 6.92 Å². The molecule has 0 spiro atoms. The molecule has 2 aliphatic rings. The molecule has 0 amide bonds. The minimum Gasteiger partial charge on any atom is -0.381 e. The van der Waals surface area contributed by atoms with Crippen LogP contribution in [0.5, 0.6) is 0 Å². The highest BCUT2D eigenvalue weighted by molar-refractivity contribution is 4.85. The Bertz CT molecular complexity index is 332. The fourth-order valence-corrected chi connectivity index (χ4v) is 4.18. The van der Waals surface area contributed by atoms with Crippen molar-refractivity contribution in [3.63, 3.8) is 0 Å². The first kappa shape index (κ1) is 18.1. The third-order valence-corrected chi connectivity index (χ3v) is 6.11. The van der Waals surface area contributed by atoms with Crippen molar-refractivity contribution < 1.29 is 17.9 Å². The second-order valence-corrected chi connectivity index (χ2v) is 7.75. The molecule has 0 bridgehead atoms. The fraction of sp³-hybridized carbons (Fsp3) is 1.00. The van der Waals surface area contributed by atoms with E-state index in [1.54, 1.807) is 0 Å². The normalized spacial score (nSPS) is 26.5. The van der Waals surface area contributed by atoms with Gasteiger partial charge in [-0.3, -0.25) is 0 Å². The molecule has 22 heavy (non-hydrogen) atoms. The monoisotopic (exact) mass is 320 g/mol. The van der Waals surface area contributed by atoms with E-state index in [0.29, 0.717) is 44.3 Å². The highest BCUT2D eigenvalue weighted by atomic mass is 19.4. The highest BCUT2D eigenvalue weighted by Gasteiger charge is 2.47. The molecule has 2 rings (SSSR count). The molecule has 1 saturated carbocycles. The highest BCUT2D eigenvalue weighted by Crippen LogP contribution is 2.45. The maximum Gasteiger partial charge on any atom is 0.392 e. The Morgan fingerprint density at radius 2 is 1.41 bits per heavy atom. The predicted octanol–water partition coefficient (Wildman–Crippen LogP) is 5.69. The van der Waals surface area contributed by atoms with Gasteiger partial charge in [-0.2, -0.15) is 13.2 Å². The molecule has 0 aromatic heterocycles. The second-order valence-electron chi connectivity index (χ2n) is 7.75. The molecule has 1 heterocycles. The van der Waals surface area contributed by atoms with E-state index < -0.39 is 12.1 Å². The Kier molecular flexibility index (Phi) is 6.21. The van der Waals surface area contributed by atoms with Gasteiger partial charge in [0.25, 0.3) is 0 Å². The Morgan fingerprint density at radius 1 is 0.864 bits per heavy atom. The van der Waals surface area contributed by atoms with E-state index in [-0.39, 0.29) is 11.8 Å². The number of ether oxygens (including phenoxy) is 1. The van der Waals surface area contributed by atoms with E-state index in [0.717, 1.165) is 12.3 Å². The van der Waals surface area contributed by atoms with Gasteiger partial charge in [0.2, 0.25) is 0 Å². The zero-order valence-electron chi connectivity index (χ0n) is 14.2. The average molecular weight is 320 g/mol. The largest absolute Gasteiger partial charge is 0.392 e. The Hall–Kier alpha value is -0.250. The quantitative estimate of drug-likeness (QED) is 0.585. The molecule has 0 radical (unpaired) electrons. The van der Waals surface area contributed by atoms with Gasteiger partial charge in [-0.15, -0.1) is 0 Å². The van der Waals surface area contributed by atoms with Crippen molar-refractivity contribution in [2.75, 3.05) is 13.2 Å². The van der Waals surface area contributed by atoms with Crippen LogP contribution in [0.3, 0.4) is 0 Å². The molecule has 1 aliphatic heterocycles. The van der Waals surface area contributed by atoms with Gasteiger partial charge in [0.15, 0.2) is 0 Å².